The molecular weight excluding hydrogens is 694 g/mol. The number of aromatic nitrogens is 6. The van der Waals surface area contributed by atoms with E-state index in [2.05, 4.69) is 41.7 Å². The zero-order valence-electron chi connectivity index (χ0n) is 31.2. The van der Waals surface area contributed by atoms with Crippen LogP contribution >= 0.6 is 0 Å². The Hall–Kier alpha value is -4.92. The molecule has 1 saturated carbocycles. The van der Waals surface area contributed by atoms with Gasteiger partial charge < -0.3 is 24.7 Å². The Morgan fingerprint density at radius 1 is 0.963 bits per heavy atom. The molecule has 54 heavy (non-hydrogen) atoms. The van der Waals surface area contributed by atoms with Crippen molar-refractivity contribution < 1.29 is 23.5 Å². The van der Waals surface area contributed by atoms with E-state index in [4.69, 9.17) is 10.2 Å². The third-order valence-electron chi connectivity index (χ3n) is 12.2. The second-order valence-corrected chi connectivity index (χ2v) is 15.3. The van der Waals surface area contributed by atoms with Crippen LogP contribution in [0.2, 0.25) is 0 Å². The van der Waals surface area contributed by atoms with Crippen LogP contribution in [-0.2, 0) is 31.2 Å². The number of piperidine rings is 1. The summed E-state index contributed by atoms with van der Waals surface area (Å²) < 4.78 is 33.2. The second-order valence-electron chi connectivity index (χ2n) is 15.3. The van der Waals surface area contributed by atoms with Gasteiger partial charge in [-0.15, -0.1) is 10.2 Å². The topological polar surface area (TPSA) is 129 Å². The number of anilines is 3. The zero-order chi connectivity index (χ0) is 37.7. The highest BCUT2D eigenvalue weighted by Gasteiger charge is 2.36. The molecule has 8 rings (SSSR count). The van der Waals surface area contributed by atoms with Crippen molar-refractivity contribution in [3.8, 4) is 11.1 Å². The summed E-state index contributed by atoms with van der Waals surface area (Å²) in [6, 6.07) is 7.96. The molecule has 6 heterocycles. The highest BCUT2D eigenvalue weighted by molar-refractivity contribution is 5.85. The zero-order valence-corrected chi connectivity index (χ0v) is 31.2. The van der Waals surface area contributed by atoms with Crippen molar-refractivity contribution >= 4 is 29.2 Å². The first-order valence-electron chi connectivity index (χ1n) is 19.2. The number of aromatic carboxylic acids is 1. The molecule has 1 aromatic carbocycles. The average molecular weight is 743 g/mol. The van der Waals surface area contributed by atoms with Gasteiger partial charge in [0, 0.05) is 92.9 Å². The maximum Gasteiger partial charge on any atom is 0.356 e. The Kier molecular flexibility index (Phi) is 9.84. The molecule has 1 N–H and O–H groups in total. The highest BCUT2D eigenvalue weighted by Crippen LogP contribution is 2.44. The number of carboxylic acids is 1. The number of halogens is 2. The van der Waals surface area contributed by atoms with Crippen LogP contribution < -0.4 is 9.80 Å². The van der Waals surface area contributed by atoms with Gasteiger partial charge in [0.05, 0.1) is 18.8 Å². The normalized spacial score (nSPS) is 20.8. The van der Waals surface area contributed by atoms with Crippen molar-refractivity contribution in [3.63, 3.8) is 0 Å². The second kappa shape index (κ2) is 14.7. The van der Waals surface area contributed by atoms with Crippen LogP contribution in [0.5, 0.6) is 0 Å². The number of hydrogen-bond acceptors (Lipinski definition) is 9. The van der Waals surface area contributed by atoms with Crippen molar-refractivity contribution in [1.82, 2.24) is 39.6 Å². The summed E-state index contributed by atoms with van der Waals surface area (Å²) in [5.41, 5.74) is 5.13. The van der Waals surface area contributed by atoms with E-state index in [1.54, 1.807) is 43.2 Å². The minimum absolute atomic E-state index is 0.0106. The summed E-state index contributed by atoms with van der Waals surface area (Å²) in [5.74, 6) is 0.454. The average Bonchev–Trinajstić information content (AvgIpc) is 3.80. The fourth-order valence-electron chi connectivity index (χ4n) is 9.19. The van der Waals surface area contributed by atoms with Gasteiger partial charge in [-0.1, -0.05) is 0 Å². The molecule has 1 aliphatic carbocycles. The third kappa shape index (κ3) is 6.82. The van der Waals surface area contributed by atoms with Crippen molar-refractivity contribution in [3.05, 3.63) is 64.7 Å². The summed E-state index contributed by atoms with van der Waals surface area (Å²) in [5, 5.41) is 26.7. The van der Waals surface area contributed by atoms with E-state index in [9.17, 15) is 18.4 Å². The number of alkyl halides is 2. The molecule has 4 aromatic rings. The van der Waals surface area contributed by atoms with Gasteiger partial charge in [-0.2, -0.15) is 10.2 Å². The van der Waals surface area contributed by atoms with Crippen LogP contribution in [-0.4, -0.2) is 102 Å². The monoisotopic (exact) mass is 742 g/mol. The number of hydrogen-bond donors (Lipinski definition) is 1. The van der Waals surface area contributed by atoms with E-state index >= 15 is 0 Å². The predicted octanol–water partition coefficient (Wildman–Crippen LogP) is 5.78. The summed E-state index contributed by atoms with van der Waals surface area (Å²) in [7, 11) is 4.04. The molecule has 0 spiro atoms. The van der Waals surface area contributed by atoms with Crippen LogP contribution in [0.4, 0.5) is 26.1 Å². The van der Waals surface area contributed by atoms with Crippen molar-refractivity contribution in [2.24, 2.45) is 7.05 Å². The Labute approximate surface area is 313 Å². The number of nitrogens with zero attached hydrogens (tertiary/aromatic N) is 10. The molecule has 3 aromatic heterocycles. The van der Waals surface area contributed by atoms with Crippen molar-refractivity contribution in [2.75, 3.05) is 43.0 Å². The maximum atomic E-state index is 14.7. The molecule has 13 nitrogen and oxygen atoms in total. The summed E-state index contributed by atoms with van der Waals surface area (Å²) in [6.45, 7) is 5.06. The molecule has 1 amide bonds. The first-order chi connectivity index (χ1) is 26.0. The van der Waals surface area contributed by atoms with Gasteiger partial charge in [0.2, 0.25) is 5.91 Å². The lowest BCUT2D eigenvalue weighted by Crippen LogP contribution is -2.48. The first kappa shape index (κ1) is 36.1. The molecule has 15 heteroatoms. The number of amides is 1. The largest absolute Gasteiger partial charge is 0.476 e. The molecule has 286 valence electrons. The molecule has 0 unspecified atom stereocenters. The van der Waals surface area contributed by atoms with Crippen LogP contribution in [0.1, 0.15) is 97.2 Å². The molecular formula is C39H48F2N10O3. The molecule has 3 aliphatic heterocycles. The summed E-state index contributed by atoms with van der Waals surface area (Å²) >= 11 is 0. The van der Waals surface area contributed by atoms with Crippen LogP contribution in [0.25, 0.3) is 11.1 Å². The van der Waals surface area contributed by atoms with Gasteiger partial charge in [0.15, 0.2) is 17.3 Å². The van der Waals surface area contributed by atoms with Gasteiger partial charge in [-0.25, -0.2) is 13.6 Å². The lowest BCUT2D eigenvalue weighted by Gasteiger charge is -2.43. The maximum absolute atomic E-state index is 14.7. The highest BCUT2D eigenvalue weighted by atomic mass is 19.3. The Bertz CT molecular complexity index is 2010. The minimum atomic E-state index is -2.65. The minimum Gasteiger partial charge on any atom is -0.476 e. The predicted molar refractivity (Wildman–Crippen MR) is 199 cm³/mol. The Morgan fingerprint density at radius 3 is 2.37 bits per heavy atom. The van der Waals surface area contributed by atoms with E-state index < -0.39 is 12.4 Å². The fourth-order valence-corrected chi connectivity index (χ4v) is 9.19. The number of carbonyl (C=O) groups excluding carboxylic acids is 1. The van der Waals surface area contributed by atoms with Crippen LogP contribution in [0.3, 0.4) is 0 Å². The molecule has 0 radical (unpaired) electrons. The van der Waals surface area contributed by atoms with Crippen molar-refractivity contribution in [1.29, 1.82) is 0 Å². The van der Waals surface area contributed by atoms with E-state index in [0.29, 0.717) is 55.1 Å². The van der Waals surface area contributed by atoms with Gasteiger partial charge >= 0.3 is 5.97 Å². The quantitative estimate of drug-likeness (QED) is 0.237. The van der Waals surface area contributed by atoms with Gasteiger partial charge in [0.25, 0.3) is 6.43 Å². The number of carbonyl (C=O) groups is 2. The van der Waals surface area contributed by atoms with Crippen LogP contribution in [0.15, 0.2) is 36.7 Å². The van der Waals surface area contributed by atoms with Gasteiger partial charge in [-0.05, 0) is 93.8 Å². The van der Waals surface area contributed by atoms with E-state index in [1.165, 1.54) is 11.8 Å². The number of aryl methyl sites for hydroxylation is 2. The van der Waals surface area contributed by atoms with E-state index in [-0.39, 0.29) is 23.2 Å². The smallest absolute Gasteiger partial charge is 0.356 e. The third-order valence-corrected chi connectivity index (χ3v) is 12.2. The van der Waals surface area contributed by atoms with Gasteiger partial charge in [-0.3, -0.25) is 14.2 Å². The number of fused-ring (bicyclic) bond motifs is 2. The lowest BCUT2D eigenvalue weighted by molar-refractivity contribution is -0.129. The Balaban J connectivity index is 1.00. The summed E-state index contributed by atoms with van der Waals surface area (Å²) in [4.78, 5) is 32.5. The number of benzene rings is 1. The number of carboxylic acid groups (broad SMARTS) is 1. The van der Waals surface area contributed by atoms with E-state index in [0.717, 1.165) is 87.1 Å². The van der Waals surface area contributed by atoms with Crippen molar-refractivity contribution in [2.45, 2.75) is 95.8 Å². The van der Waals surface area contributed by atoms with Crippen LogP contribution in [0, 0.1) is 0 Å². The molecule has 2 fully saturated rings. The lowest BCUT2D eigenvalue weighted by atomic mass is 9.88. The fraction of sp³-hybridized carbons (Fsp3) is 0.538. The van der Waals surface area contributed by atoms with Gasteiger partial charge in [0.1, 0.15) is 0 Å². The SMILES string of the molecule is CC(=O)N1CCc2c(c(N3CCCc4cc(-c5cnn(C)c5)c(C(F)F)cc43)nn2C2CCC(N(C)C3CCN(c4ccc(C(=O)O)nn4)CC3)CC2)C1. The molecule has 1 saturated heterocycles. The molecule has 0 atom stereocenters. The standard InChI is InChI=1S/C39H48F2N10O3/c1-24(52)49-18-14-34-32(23-49)38(50-15-4-5-25-19-30(26-21-42-46(2)22-26)31(37(40)41)20-35(25)50)45-51(34)29-8-6-27(7-9-29)47(3)28-12-16-48(17-13-28)36-11-10-33(39(53)54)43-44-36/h10-11,19-22,27-29,37H,4-9,12-18,23H2,1-3H3,(H,53,54). The molecule has 4 aliphatic rings. The number of rotatable bonds is 8. The molecule has 0 bridgehead atoms. The Morgan fingerprint density at radius 2 is 1.72 bits per heavy atom. The summed E-state index contributed by atoms with van der Waals surface area (Å²) in [6.07, 6.45) is 9.21. The first-order valence-corrected chi connectivity index (χ1v) is 19.2. The van der Waals surface area contributed by atoms with E-state index in [1.807, 2.05) is 11.0 Å².